The van der Waals surface area contributed by atoms with Crippen LogP contribution in [0.4, 0.5) is 4.39 Å². The molecule has 6 nitrogen and oxygen atoms in total. The molecule has 0 aliphatic carbocycles. The second-order valence-electron chi connectivity index (χ2n) is 6.39. The van der Waals surface area contributed by atoms with Gasteiger partial charge in [-0.25, -0.2) is 4.39 Å². The van der Waals surface area contributed by atoms with E-state index in [1.54, 1.807) is 12.1 Å². The van der Waals surface area contributed by atoms with Gasteiger partial charge in [0.15, 0.2) is 0 Å². The van der Waals surface area contributed by atoms with Gasteiger partial charge < -0.3 is 4.90 Å². The minimum atomic E-state index is -0.355. The molecule has 0 N–H and O–H groups in total. The van der Waals surface area contributed by atoms with E-state index in [-0.39, 0.29) is 17.5 Å². The van der Waals surface area contributed by atoms with Crippen LogP contribution in [0.3, 0.4) is 0 Å². The third-order valence-electron chi connectivity index (χ3n) is 4.04. The molecule has 1 fully saturated rings. The van der Waals surface area contributed by atoms with Crippen LogP contribution in [-0.2, 0) is 4.79 Å². The van der Waals surface area contributed by atoms with Gasteiger partial charge in [-0.2, -0.15) is 4.68 Å². The molecule has 2 atom stereocenters. The molecule has 8 heteroatoms. The number of halogens is 1. The van der Waals surface area contributed by atoms with E-state index >= 15 is 0 Å². The van der Waals surface area contributed by atoms with Crippen molar-refractivity contribution in [1.29, 1.82) is 0 Å². The Morgan fingerprint density at radius 1 is 1.33 bits per heavy atom. The van der Waals surface area contributed by atoms with Crippen molar-refractivity contribution >= 4 is 17.7 Å². The molecule has 1 saturated heterocycles. The number of piperidine rings is 1. The average molecular weight is 349 g/mol. The number of rotatable bonds is 4. The number of aromatic nitrogens is 4. The lowest BCUT2D eigenvalue weighted by atomic mass is 9.92. The van der Waals surface area contributed by atoms with E-state index in [0.29, 0.717) is 22.7 Å². The van der Waals surface area contributed by atoms with E-state index in [2.05, 4.69) is 29.4 Å². The lowest BCUT2D eigenvalue weighted by molar-refractivity contribution is -0.130. The zero-order valence-corrected chi connectivity index (χ0v) is 14.5. The first-order valence-corrected chi connectivity index (χ1v) is 8.96. The third kappa shape index (κ3) is 3.92. The minimum Gasteiger partial charge on any atom is -0.341 e. The molecular formula is C16H20FN5OS. The monoisotopic (exact) mass is 349 g/mol. The zero-order chi connectivity index (χ0) is 17.1. The summed E-state index contributed by atoms with van der Waals surface area (Å²) in [6.07, 6.45) is 1.16. The van der Waals surface area contributed by atoms with E-state index in [9.17, 15) is 9.18 Å². The summed E-state index contributed by atoms with van der Waals surface area (Å²) in [4.78, 5) is 14.4. The average Bonchev–Trinajstić information content (AvgIpc) is 3.00. The summed E-state index contributed by atoms with van der Waals surface area (Å²) in [7, 11) is 0. The van der Waals surface area contributed by atoms with E-state index in [1.807, 2.05) is 4.90 Å². The second kappa shape index (κ2) is 7.29. The topological polar surface area (TPSA) is 63.9 Å². The largest absolute Gasteiger partial charge is 0.341 e. The number of hydrogen-bond donors (Lipinski definition) is 0. The van der Waals surface area contributed by atoms with Crippen molar-refractivity contribution in [2.45, 2.75) is 25.4 Å². The maximum atomic E-state index is 13.4. The van der Waals surface area contributed by atoms with Crippen LogP contribution < -0.4 is 0 Å². The lowest BCUT2D eigenvalue weighted by Gasteiger charge is -2.34. The molecule has 24 heavy (non-hydrogen) atoms. The summed E-state index contributed by atoms with van der Waals surface area (Å²) in [6, 6.07) is 6.04. The van der Waals surface area contributed by atoms with Gasteiger partial charge in [0.1, 0.15) is 5.82 Å². The molecular weight excluding hydrogens is 329 g/mol. The Labute approximate surface area is 144 Å². The molecule has 1 aromatic carbocycles. The van der Waals surface area contributed by atoms with Crippen molar-refractivity contribution in [2.75, 3.05) is 18.8 Å². The van der Waals surface area contributed by atoms with Crippen molar-refractivity contribution in [1.82, 2.24) is 25.1 Å². The first-order chi connectivity index (χ1) is 11.5. The minimum absolute atomic E-state index is 0.0900. The number of carbonyl (C=O) groups excluding carboxylic acids is 1. The van der Waals surface area contributed by atoms with Gasteiger partial charge in [0.2, 0.25) is 11.1 Å². The number of amides is 1. The van der Waals surface area contributed by atoms with Crippen LogP contribution in [0.15, 0.2) is 29.4 Å². The van der Waals surface area contributed by atoms with Gasteiger partial charge in [-0.15, -0.1) is 5.10 Å². The van der Waals surface area contributed by atoms with Gasteiger partial charge in [0.05, 0.1) is 11.4 Å². The molecule has 0 bridgehead atoms. The molecule has 128 valence electrons. The SMILES string of the molecule is C[C@@H]1C[C@H](C)CN(C(=O)CSc2nnnn2-c2cccc(F)c2)C1. The Bertz CT molecular complexity index is 712. The molecule has 0 spiro atoms. The molecule has 1 aromatic heterocycles. The van der Waals surface area contributed by atoms with Crippen molar-refractivity contribution in [3.63, 3.8) is 0 Å². The molecule has 0 radical (unpaired) electrons. The number of hydrogen-bond acceptors (Lipinski definition) is 5. The summed E-state index contributed by atoms with van der Waals surface area (Å²) in [5.74, 6) is 1.06. The normalized spacial score (nSPS) is 21.0. The molecule has 2 heterocycles. The Morgan fingerprint density at radius 3 is 2.79 bits per heavy atom. The number of benzene rings is 1. The molecule has 1 aliphatic heterocycles. The fourth-order valence-corrected chi connectivity index (χ4v) is 3.92. The Morgan fingerprint density at radius 2 is 2.08 bits per heavy atom. The Kier molecular flexibility index (Phi) is 5.13. The maximum absolute atomic E-state index is 13.4. The number of nitrogens with zero attached hydrogens (tertiary/aromatic N) is 5. The maximum Gasteiger partial charge on any atom is 0.233 e. The quantitative estimate of drug-likeness (QED) is 0.793. The number of tetrazole rings is 1. The molecule has 1 amide bonds. The van der Waals surface area contributed by atoms with Crippen LogP contribution in [0.1, 0.15) is 20.3 Å². The van der Waals surface area contributed by atoms with Crippen molar-refractivity contribution in [3.05, 3.63) is 30.1 Å². The second-order valence-corrected chi connectivity index (χ2v) is 7.33. The van der Waals surface area contributed by atoms with Crippen LogP contribution in [0.5, 0.6) is 0 Å². The fraction of sp³-hybridized carbons (Fsp3) is 0.500. The standard InChI is InChI=1S/C16H20FN5OS/c1-11-6-12(2)9-21(8-11)15(23)10-24-16-18-19-20-22(16)14-5-3-4-13(17)7-14/h3-5,7,11-12H,6,8-10H2,1-2H3/t11-,12+. The van der Waals surface area contributed by atoms with E-state index in [0.717, 1.165) is 19.5 Å². The van der Waals surface area contributed by atoms with E-state index in [1.165, 1.54) is 28.6 Å². The first-order valence-electron chi connectivity index (χ1n) is 7.98. The highest BCUT2D eigenvalue weighted by atomic mass is 32.2. The van der Waals surface area contributed by atoms with Gasteiger partial charge in [-0.05, 0) is 46.9 Å². The molecule has 0 saturated carbocycles. The van der Waals surface area contributed by atoms with Crippen LogP contribution in [-0.4, -0.2) is 49.9 Å². The molecule has 0 unspecified atom stereocenters. The van der Waals surface area contributed by atoms with E-state index < -0.39 is 0 Å². The van der Waals surface area contributed by atoms with Gasteiger partial charge in [-0.1, -0.05) is 31.7 Å². The highest BCUT2D eigenvalue weighted by Gasteiger charge is 2.25. The van der Waals surface area contributed by atoms with Crippen molar-refractivity contribution in [2.24, 2.45) is 11.8 Å². The van der Waals surface area contributed by atoms with Crippen LogP contribution in [0.25, 0.3) is 5.69 Å². The van der Waals surface area contributed by atoms with Crippen LogP contribution >= 0.6 is 11.8 Å². The van der Waals surface area contributed by atoms with Crippen molar-refractivity contribution in [3.8, 4) is 5.69 Å². The number of carbonyl (C=O) groups is 1. The molecule has 2 aromatic rings. The summed E-state index contributed by atoms with van der Waals surface area (Å²) in [5.41, 5.74) is 0.537. The summed E-state index contributed by atoms with van der Waals surface area (Å²) in [5, 5.41) is 11.9. The molecule has 1 aliphatic rings. The summed E-state index contributed by atoms with van der Waals surface area (Å²) in [6.45, 7) is 5.96. The number of likely N-dealkylation sites (tertiary alicyclic amines) is 1. The van der Waals surface area contributed by atoms with Crippen LogP contribution in [0, 0.1) is 17.7 Å². The smallest absolute Gasteiger partial charge is 0.233 e. The predicted octanol–water partition coefficient (Wildman–Crippen LogP) is 2.40. The van der Waals surface area contributed by atoms with Crippen LogP contribution in [0.2, 0.25) is 0 Å². The first kappa shape index (κ1) is 16.9. The van der Waals surface area contributed by atoms with Gasteiger partial charge in [0.25, 0.3) is 0 Å². The zero-order valence-electron chi connectivity index (χ0n) is 13.7. The molecule has 3 rings (SSSR count). The highest BCUT2D eigenvalue weighted by molar-refractivity contribution is 7.99. The van der Waals surface area contributed by atoms with Crippen molar-refractivity contribution < 1.29 is 9.18 Å². The number of thioether (sulfide) groups is 1. The Hall–Kier alpha value is -1.96. The fourth-order valence-electron chi connectivity index (χ4n) is 3.12. The van der Waals surface area contributed by atoms with Gasteiger partial charge in [-0.3, -0.25) is 4.79 Å². The predicted molar refractivity (Wildman–Crippen MR) is 89.4 cm³/mol. The summed E-state index contributed by atoms with van der Waals surface area (Å²) >= 11 is 1.27. The third-order valence-corrected chi connectivity index (χ3v) is 4.94. The van der Waals surface area contributed by atoms with E-state index in [4.69, 9.17) is 0 Å². The highest BCUT2D eigenvalue weighted by Crippen LogP contribution is 2.23. The summed E-state index contributed by atoms with van der Waals surface area (Å²) < 4.78 is 14.8. The van der Waals surface area contributed by atoms with Gasteiger partial charge >= 0.3 is 0 Å². The Balaban J connectivity index is 1.65. The lowest BCUT2D eigenvalue weighted by Crippen LogP contribution is -2.43. The van der Waals surface area contributed by atoms with Gasteiger partial charge in [0, 0.05) is 13.1 Å².